The Morgan fingerprint density at radius 3 is 2.89 bits per heavy atom. The maximum Gasteiger partial charge on any atom is 0.330 e. The van der Waals surface area contributed by atoms with Gasteiger partial charge in [-0.25, -0.2) is 4.79 Å². The first-order valence-corrected chi connectivity index (χ1v) is 6.22. The molecule has 1 N–H and O–H groups in total. The van der Waals surface area contributed by atoms with E-state index in [4.69, 9.17) is 9.47 Å². The molecule has 0 bridgehead atoms. The summed E-state index contributed by atoms with van der Waals surface area (Å²) >= 11 is 0. The van der Waals surface area contributed by atoms with Gasteiger partial charge in [0.1, 0.15) is 6.10 Å². The highest BCUT2D eigenvalue weighted by Crippen LogP contribution is 2.50. The summed E-state index contributed by atoms with van der Waals surface area (Å²) < 4.78 is 13.3. The van der Waals surface area contributed by atoms with Crippen molar-refractivity contribution in [1.82, 2.24) is 9.55 Å². The number of hydrogen-bond donors (Lipinski definition) is 1. The Morgan fingerprint density at radius 1 is 1.47 bits per heavy atom. The second-order valence-corrected chi connectivity index (χ2v) is 5.48. The van der Waals surface area contributed by atoms with Crippen LogP contribution in [0, 0.1) is 0 Å². The molecule has 0 aromatic carbocycles. The van der Waals surface area contributed by atoms with Crippen LogP contribution in [0.2, 0.25) is 0 Å². The van der Waals surface area contributed by atoms with E-state index >= 15 is 0 Å². The minimum atomic E-state index is -0.901. The molecule has 2 atom stereocenters. The molecule has 6 heteroatoms. The second kappa shape index (κ2) is 3.68. The van der Waals surface area contributed by atoms with Crippen LogP contribution in [0.3, 0.4) is 0 Å². The molecule has 1 saturated heterocycles. The van der Waals surface area contributed by atoms with Crippen LogP contribution in [-0.2, 0) is 15.2 Å². The summed E-state index contributed by atoms with van der Waals surface area (Å²) in [6.45, 7) is 7.59. The van der Waals surface area contributed by atoms with Crippen molar-refractivity contribution in [3.05, 3.63) is 45.3 Å². The monoisotopic (exact) mass is 264 g/mol. The lowest BCUT2D eigenvalue weighted by Gasteiger charge is -2.29. The minimum absolute atomic E-state index is 0.369. The number of aromatic nitrogens is 2. The van der Waals surface area contributed by atoms with Gasteiger partial charge in [0.15, 0.2) is 11.5 Å². The van der Waals surface area contributed by atoms with Gasteiger partial charge >= 0.3 is 5.69 Å². The lowest BCUT2D eigenvalue weighted by atomic mass is 10.1. The molecule has 0 amide bonds. The molecule has 1 aromatic heterocycles. The van der Waals surface area contributed by atoms with Crippen molar-refractivity contribution in [1.29, 1.82) is 0 Å². The molecule has 6 nitrogen and oxygen atoms in total. The third-order valence-electron chi connectivity index (χ3n) is 3.64. The molecule has 1 aliphatic heterocycles. The summed E-state index contributed by atoms with van der Waals surface area (Å²) in [4.78, 5) is 25.5. The smallest absolute Gasteiger partial charge is 0.330 e. The standard InChI is InChI=1S/C13H16N2O4/c1-8-4-6-13(10(8)18-12(2,3)19-13)15-7-5-9(16)14-11(15)17/h5,7,10H,1,4,6H2,2-3H3,(H,14,16,17)/t10-,13-/m1/s1. The van der Waals surface area contributed by atoms with Crippen LogP contribution in [0.15, 0.2) is 34.0 Å². The summed E-state index contributed by atoms with van der Waals surface area (Å²) in [6, 6.07) is 1.31. The van der Waals surface area contributed by atoms with E-state index in [1.54, 1.807) is 13.8 Å². The molecule has 0 radical (unpaired) electrons. The van der Waals surface area contributed by atoms with Crippen LogP contribution in [0.5, 0.6) is 0 Å². The highest BCUT2D eigenvalue weighted by atomic mass is 16.8. The van der Waals surface area contributed by atoms with E-state index in [0.717, 1.165) is 12.0 Å². The third kappa shape index (κ3) is 1.71. The normalized spacial score (nSPS) is 32.5. The Morgan fingerprint density at radius 2 is 2.21 bits per heavy atom. The van der Waals surface area contributed by atoms with Crippen molar-refractivity contribution in [2.45, 2.75) is 44.3 Å². The van der Waals surface area contributed by atoms with Gasteiger partial charge in [0.25, 0.3) is 5.56 Å². The number of nitrogens with zero attached hydrogens (tertiary/aromatic N) is 1. The first kappa shape index (κ1) is 12.4. The van der Waals surface area contributed by atoms with Crippen molar-refractivity contribution < 1.29 is 9.47 Å². The van der Waals surface area contributed by atoms with E-state index in [-0.39, 0.29) is 6.10 Å². The van der Waals surface area contributed by atoms with E-state index in [1.165, 1.54) is 16.8 Å². The highest BCUT2D eigenvalue weighted by molar-refractivity contribution is 5.19. The average Bonchev–Trinajstić information content (AvgIpc) is 2.73. The quantitative estimate of drug-likeness (QED) is 0.757. The van der Waals surface area contributed by atoms with Crippen molar-refractivity contribution in [3.8, 4) is 0 Å². The molecule has 2 heterocycles. The fraction of sp³-hybridized carbons (Fsp3) is 0.538. The van der Waals surface area contributed by atoms with Crippen molar-refractivity contribution in [2.24, 2.45) is 0 Å². The third-order valence-corrected chi connectivity index (χ3v) is 3.64. The number of fused-ring (bicyclic) bond motifs is 1. The minimum Gasteiger partial charge on any atom is -0.338 e. The molecule has 1 aliphatic carbocycles. The zero-order valence-corrected chi connectivity index (χ0v) is 10.9. The number of ether oxygens (including phenoxy) is 2. The van der Waals surface area contributed by atoms with Gasteiger partial charge in [-0.2, -0.15) is 0 Å². The first-order chi connectivity index (χ1) is 8.84. The van der Waals surface area contributed by atoms with Gasteiger partial charge in [-0.05, 0) is 25.8 Å². The number of rotatable bonds is 1. The maximum absolute atomic E-state index is 12.0. The Labute approximate surface area is 109 Å². The van der Waals surface area contributed by atoms with Crippen molar-refractivity contribution in [2.75, 3.05) is 0 Å². The second-order valence-electron chi connectivity index (χ2n) is 5.48. The largest absolute Gasteiger partial charge is 0.338 e. The first-order valence-electron chi connectivity index (χ1n) is 6.22. The van der Waals surface area contributed by atoms with E-state index in [0.29, 0.717) is 6.42 Å². The molecule has 19 heavy (non-hydrogen) atoms. The van der Waals surface area contributed by atoms with Gasteiger partial charge in [-0.3, -0.25) is 14.3 Å². The molecule has 102 valence electrons. The number of nitrogens with one attached hydrogen (secondary N) is 1. The number of aromatic amines is 1. The molecular formula is C13H16N2O4. The fourth-order valence-electron chi connectivity index (χ4n) is 2.95. The predicted molar refractivity (Wildman–Crippen MR) is 67.7 cm³/mol. The van der Waals surface area contributed by atoms with E-state index in [9.17, 15) is 9.59 Å². The lowest BCUT2D eigenvalue weighted by Crippen LogP contribution is -2.47. The Kier molecular flexibility index (Phi) is 2.40. The molecule has 1 saturated carbocycles. The summed E-state index contributed by atoms with van der Waals surface area (Å²) in [5.41, 5.74) is -0.914. The van der Waals surface area contributed by atoms with Crippen molar-refractivity contribution in [3.63, 3.8) is 0 Å². The summed E-state index contributed by atoms with van der Waals surface area (Å²) in [5, 5.41) is 0. The number of hydrogen-bond acceptors (Lipinski definition) is 4. The summed E-state index contributed by atoms with van der Waals surface area (Å²) in [7, 11) is 0. The maximum atomic E-state index is 12.0. The molecule has 3 rings (SSSR count). The van der Waals surface area contributed by atoms with Gasteiger partial charge in [0.05, 0.1) is 0 Å². The molecule has 0 unspecified atom stereocenters. The molecule has 1 aromatic rings. The SMILES string of the molecule is C=C1CC[C@@]2(n3ccc(=O)[nH]c3=O)OC(C)(C)O[C@H]12. The van der Waals surface area contributed by atoms with Crippen LogP contribution in [0.4, 0.5) is 0 Å². The van der Waals surface area contributed by atoms with Gasteiger partial charge in [0, 0.05) is 18.7 Å². The van der Waals surface area contributed by atoms with Gasteiger partial charge < -0.3 is 9.47 Å². The van der Waals surface area contributed by atoms with Crippen LogP contribution < -0.4 is 11.2 Å². The average molecular weight is 264 g/mol. The van der Waals surface area contributed by atoms with E-state index in [2.05, 4.69) is 11.6 Å². The van der Waals surface area contributed by atoms with Crippen LogP contribution in [0.25, 0.3) is 0 Å². The Bertz CT molecular complexity index is 657. The topological polar surface area (TPSA) is 73.3 Å². The fourth-order valence-corrected chi connectivity index (χ4v) is 2.95. The van der Waals surface area contributed by atoms with E-state index < -0.39 is 22.8 Å². The van der Waals surface area contributed by atoms with Crippen LogP contribution in [0.1, 0.15) is 26.7 Å². The van der Waals surface area contributed by atoms with Crippen LogP contribution >= 0.6 is 0 Å². The molecule has 2 aliphatic rings. The van der Waals surface area contributed by atoms with Crippen molar-refractivity contribution >= 4 is 0 Å². The van der Waals surface area contributed by atoms with E-state index in [1.807, 2.05) is 0 Å². The number of H-pyrrole nitrogens is 1. The van der Waals surface area contributed by atoms with Crippen LogP contribution in [-0.4, -0.2) is 21.4 Å². The van der Waals surface area contributed by atoms with Gasteiger partial charge in [0.2, 0.25) is 0 Å². The molecule has 2 fully saturated rings. The molecular weight excluding hydrogens is 248 g/mol. The Hall–Kier alpha value is -1.66. The zero-order chi connectivity index (χ0) is 13.8. The predicted octanol–water partition coefficient (Wildman–Crippen LogP) is 0.691. The summed E-state index contributed by atoms with van der Waals surface area (Å²) in [6.07, 6.45) is 2.42. The van der Waals surface area contributed by atoms with Gasteiger partial charge in [-0.1, -0.05) is 6.58 Å². The Balaban J connectivity index is 2.18. The highest BCUT2D eigenvalue weighted by Gasteiger charge is 2.59. The molecule has 0 spiro atoms. The van der Waals surface area contributed by atoms with Gasteiger partial charge in [-0.15, -0.1) is 0 Å². The zero-order valence-electron chi connectivity index (χ0n) is 10.9. The lowest BCUT2D eigenvalue weighted by molar-refractivity contribution is -0.186. The summed E-state index contributed by atoms with van der Waals surface area (Å²) in [5.74, 6) is -0.788.